The highest BCUT2D eigenvalue weighted by Gasteiger charge is 2.46. The van der Waals surface area contributed by atoms with Gasteiger partial charge in [0.05, 0.1) is 11.1 Å². The SMILES string of the molecule is CC1(c2ccccc2)c2ccccc2-c2ccc(-c3ccccc3N(c3ccc(-c4ccc5c(c4)C(c4ccccc4)(c4ccccc4)c4ccccc4-5)cc3)c3ccc4sc5ccccc5c4c3)cc21. The first-order valence-electron chi connectivity index (χ1n) is 24.7. The molecular weight excluding hydrogens is 875 g/mol. The molecule has 0 amide bonds. The van der Waals surface area contributed by atoms with Gasteiger partial charge >= 0.3 is 0 Å². The standard InChI is InChI=1S/C69H47NS/c1-68(49-19-5-2-6-20-49)61-29-15-11-26-55(61)57-41-36-48(44-63(57)68)54-25-13-17-31-65(54)70(53-39-42-67-60(45-53)59-28-14-18-32-66(59)71-67)52-37-33-46(34-38-52)47-35-40-58-56-27-12-16-30-62(56)69(64(58)43-47,50-21-7-3-8-22-50)51-23-9-4-10-24-51/h2-45H,1H3. The summed E-state index contributed by atoms with van der Waals surface area (Å²) in [4.78, 5) is 2.47. The van der Waals surface area contributed by atoms with Crippen LogP contribution < -0.4 is 4.90 Å². The van der Waals surface area contributed by atoms with E-state index in [-0.39, 0.29) is 5.41 Å². The van der Waals surface area contributed by atoms with Crippen LogP contribution in [-0.2, 0) is 10.8 Å². The Morgan fingerprint density at radius 2 is 0.803 bits per heavy atom. The molecule has 334 valence electrons. The van der Waals surface area contributed by atoms with Gasteiger partial charge in [0, 0.05) is 42.5 Å². The van der Waals surface area contributed by atoms with E-state index in [1.807, 2.05) is 11.3 Å². The van der Waals surface area contributed by atoms with E-state index in [2.05, 4.69) is 279 Å². The summed E-state index contributed by atoms with van der Waals surface area (Å²) in [6.45, 7) is 2.40. The first kappa shape index (κ1) is 41.4. The van der Waals surface area contributed by atoms with Crippen LogP contribution in [0.15, 0.2) is 267 Å². The minimum Gasteiger partial charge on any atom is -0.310 e. The minimum absolute atomic E-state index is 0.305. The Morgan fingerprint density at radius 3 is 1.52 bits per heavy atom. The van der Waals surface area contributed by atoms with Gasteiger partial charge in [0.25, 0.3) is 0 Å². The Hall–Kier alpha value is -8.56. The van der Waals surface area contributed by atoms with Gasteiger partial charge < -0.3 is 4.90 Å². The molecule has 2 aliphatic carbocycles. The highest BCUT2D eigenvalue weighted by molar-refractivity contribution is 7.25. The highest BCUT2D eigenvalue weighted by atomic mass is 32.1. The molecule has 0 saturated carbocycles. The van der Waals surface area contributed by atoms with E-state index in [0.29, 0.717) is 0 Å². The van der Waals surface area contributed by atoms with Crippen LogP contribution in [0.5, 0.6) is 0 Å². The first-order valence-corrected chi connectivity index (χ1v) is 25.5. The van der Waals surface area contributed by atoms with E-state index < -0.39 is 5.41 Å². The number of hydrogen-bond acceptors (Lipinski definition) is 2. The van der Waals surface area contributed by atoms with Crippen molar-refractivity contribution in [2.45, 2.75) is 17.8 Å². The van der Waals surface area contributed by atoms with Gasteiger partial charge in [-0.05, 0) is 139 Å². The summed E-state index contributed by atoms with van der Waals surface area (Å²) in [5, 5.41) is 2.56. The molecule has 2 heteroatoms. The molecule has 0 radical (unpaired) electrons. The van der Waals surface area contributed by atoms with Gasteiger partial charge in [0.2, 0.25) is 0 Å². The fraction of sp³-hybridized carbons (Fsp3) is 0.0435. The number of hydrogen-bond donors (Lipinski definition) is 0. The fourth-order valence-corrected chi connectivity index (χ4v) is 13.4. The quantitative estimate of drug-likeness (QED) is 0.147. The monoisotopic (exact) mass is 921 g/mol. The first-order chi connectivity index (χ1) is 35.1. The summed E-state index contributed by atoms with van der Waals surface area (Å²) in [6.07, 6.45) is 0. The van der Waals surface area contributed by atoms with Crippen LogP contribution in [0.25, 0.3) is 64.7 Å². The summed E-state index contributed by atoms with van der Waals surface area (Å²) < 4.78 is 2.59. The predicted octanol–water partition coefficient (Wildman–Crippen LogP) is 18.6. The summed E-state index contributed by atoms with van der Waals surface area (Å²) in [6, 6.07) is 99.5. The number of benzene rings is 11. The topological polar surface area (TPSA) is 3.24 Å². The number of para-hydroxylation sites is 1. The van der Waals surface area contributed by atoms with Crippen molar-refractivity contribution in [1.29, 1.82) is 0 Å². The molecule has 1 atom stereocenters. The number of rotatable bonds is 8. The summed E-state index contributed by atoms with van der Waals surface area (Å²) in [5.41, 5.74) is 21.7. The molecule has 1 nitrogen and oxygen atoms in total. The Bertz CT molecular complexity index is 3960. The molecule has 0 N–H and O–H groups in total. The lowest BCUT2D eigenvalue weighted by molar-refractivity contribution is 0.714. The van der Waals surface area contributed by atoms with E-state index in [4.69, 9.17) is 0 Å². The average molecular weight is 922 g/mol. The van der Waals surface area contributed by atoms with E-state index >= 15 is 0 Å². The molecule has 11 aromatic carbocycles. The van der Waals surface area contributed by atoms with Crippen molar-refractivity contribution >= 4 is 48.6 Å². The lowest BCUT2D eigenvalue weighted by atomic mass is 9.67. The molecule has 71 heavy (non-hydrogen) atoms. The Balaban J connectivity index is 0.928. The van der Waals surface area contributed by atoms with Crippen molar-refractivity contribution in [3.63, 3.8) is 0 Å². The van der Waals surface area contributed by atoms with Gasteiger partial charge in [-0.3, -0.25) is 0 Å². The second kappa shape index (κ2) is 16.3. The van der Waals surface area contributed by atoms with Crippen molar-refractivity contribution < 1.29 is 0 Å². The van der Waals surface area contributed by atoms with Crippen molar-refractivity contribution in [3.05, 3.63) is 306 Å². The van der Waals surface area contributed by atoms with Crippen LogP contribution >= 0.6 is 11.3 Å². The molecule has 1 unspecified atom stereocenters. The smallest absolute Gasteiger partial charge is 0.0713 e. The van der Waals surface area contributed by atoms with Crippen LogP contribution in [0, 0.1) is 0 Å². The third kappa shape index (κ3) is 6.24. The van der Waals surface area contributed by atoms with E-state index in [0.717, 1.165) is 17.1 Å². The number of thiophene rings is 1. The molecule has 2 aliphatic rings. The van der Waals surface area contributed by atoms with Gasteiger partial charge in [-0.1, -0.05) is 212 Å². The second-order valence-electron chi connectivity index (χ2n) is 19.3. The largest absolute Gasteiger partial charge is 0.310 e. The van der Waals surface area contributed by atoms with Crippen molar-refractivity contribution in [2.24, 2.45) is 0 Å². The third-order valence-electron chi connectivity index (χ3n) is 15.7. The summed E-state index contributed by atoms with van der Waals surface area (Å²) in [7, 11) is 0. The highest BCUT2D eigenvalue weighted by Crippen LogP contribution is 2.57. The van der Waals surface area contributed by atoms with Crippen molar-refractivity contribution in [3.8, 4) is 44.5 Å². The van der Waals surface area contributed by atoms with E-state index in [1.54, 1.807) is 0 Å². The minimum atomic E-state index is -0.464. The molecule has 1 heterocycles. The summed E-state index contributed by atoms with van der Waals surface area (Å²) in [5.74, 6) is 0. The maximum Gasteiger partial charge on any atom is 0.0713 e. The van der Waals surface area contributed by atoms with Gasteiger partial charge in [-0.25, -0.2) is 0 Å². The molecular formula is C69H47NS. The summed E-state index contributed by atoms with van der Waals surface area (Å²) >= 11 is 1.86. The molecule has 12 aromatic rings. The number of nitrogens with zero attached hydrogens (tertiary/aromatic N) is 1. The number of fused-ring (bicyclic) bond motifs is 9. The molecule has 0 aliphatic heterocycles. The molecule has 0 saturated heterocycles. The molecule has 0 bridgehead atoms. The average Bonchev–Trinajstić information content (AvgIpc) is 4.07. The zero-order valence-corrected chi connectivity index (χ0v) is 40.1. The van der Waals surface area contributed by atoms with Crippen LogP contribution in [0.4, 0.5) is 17.1 Å². The van der Waals surface area contributed by atoms with Crippen LogP contribution in [0.3, 0.4) is 0 Å². The zero-order chi connectivity index (χ0) is 47.1. The van der Waals surface area contributed by atoms with Crippen molar-refractivity contribution in [2.75, 3.05) is 4.90 Å². The Morgan fingerprint density at radius 1 is 0.310 bits per heavy atom. The Kier molecular flexibility index (Phi) is 9.49. The normalized spacial score (nSPS) is 15.0. The van der Waals surface area contributed by atoms with Crippen LogP contribution in [0.2, 0.25) is 0 Å². The zero-order valence-electron chi connectivity index (χ0n) is 39.3. The third-order valence-corrected chi connectivity index (χ3v) is 16.8. The van der Waals surface area contributed by atoms with Gasteiger partial charge in [0.15, 0.2) is 0 Å². The number of anilines is 3. The van der Waals surface area contributed by atoms with Gasteiger partial charge in [-0.15, -0.1) is 11.3 Å². The van der Waals surface area contributed by atoms with E-state index in [1.165, 1.54) is 104 Å². The van der Waals surface area contributed by atoms with E-state index in [9.17, 15) is 0 Å². The van der Waals surface area contributed by atoms with Gasteiger partial charge in [0.1, 0.15) is 0 Å². The molecule has 0 spiro atoms. The van der Waals surface area contributed by atoms with Gasteiger partial charge in [-0.2, -0.15) is 0 Å². The molecule has 0 fully saturated rings. The second-order valence-corrected chi connectivity index (χ2v) is 20.3. The van der Waals surface area contributed by atoms with Crippen molar-refractivity contribution in [1.82, 2.24) is 0 Å². The lowest BCUT2D eigenvalue weighted by Crippen LogP contribution is -2.28. The maximum atomic E-state index is 2.47. The molecule has 1 aromatic heterocycles. The van der Waals surface area contributed by atoms with Crippen LogP contribution in [-0.4, -0.2) is 0 Å². The predicted molar refractivity (Wildman–Crippen MR) is 300 cm³/mol. The van der Waals surface area contributed by atoms with Crippen LogP contribution in [0.1, 0.15) is 45.9 Å². The Labute approximate surface area is 419 Å². The maximum absolute atomic E-state index is 2.47. The molecule has 14 rings (SSSR count). The lowest BCUT2D eigenvalue weighted by Gasteiger charge is -2.34. The fourth-order valence-electron chi connectivity index (χ4n) is 12.4.